The van der Waals surface area contributed by atoms with Crippen molar-refractivity contribution in [3.05, 3.63) is 76.7 Å². The molecule has 10 heteroatoms. The Bertz CT molecular complexity index is 1450. The number of ether oxygens (including phenoxy) is 1. The van der Waals surface area contributed by atoms with Crippen LogP contribution in [0.1, 0.15) is 41.4 Å². The second-order valence-corrected chi connectivity index (χ2v) is 10.9. The largest absolute Gasteiger partial charge is 0.468 e. The van der Waals surface area contributed by atoms with E-state index in [1.807, 2.05) is 19.9 Å². The molecule has 0 saturated carbocycles. The zero-order chi connectivity index (χ0) is 27.1. The number of hydrogen-bond acceptors (Lipinski definition) is 7. The monoisotopic (exact) mass is 524 g/mol. The molecule has 0 radical (unpaired) electrons. The lowest BCUT2D eigenvalue weighted by Crippen LogP contribution is -2.45. The van der Waals surface area contributed by atoms with E-state index in [-0.39, 0.29) is 29.3 Å². The number of amides is 2. The highest BCUT2D eigenvalue weighted by Gasteiger charge is 2.48. The van der Waals surface area contributed by atoms with Gasteiger partial charge in [-0.15, -0.1) is 0 Å². The van der Waals surface area contributed by atoms with Crippen LogP contribution in [0.4, 0.5) is 5.69 Å². The molecule has 1 aliphatic rings. The Hall–Kier alpha value is -3.76. The molecule has 9 nitrogen and oxygen atoms in total. The highest BCUT2D eigenvalue weighted by atomic mass is 32.2. The van der Waals surface area contributed by atoms with E-state index >= 15 is 0 Å². The normalized spacial score (nSPS) is 16.1. The van der Waals surface area contributed by atoms with E-state index in [2.05, 4.69) is 0 Å². The number of imide groups is 1. The number of anilines is 1. The second kappa shape index (κ2) is 9.95. The standard InChI is InChI=1S/C27H28N2O7S/c1-16-13-17(2)19(4)26(18(16)3)37(33,34)28(15-23-7-6-12-35-23)24-14-25(31)29(27(24)32)21-8-10-22(11-9-21)36-20(5)30/h6-13,24H,14-15H2,1-5H3. The molecular formula is C27H28N2O7S. The number of carbonyl (C=O) groups is 3. The quantitative estimate of drug-likeness (QED) is 0.261. The minimum Gasteiger partial charge on any atom is -0.468 e. The van der Waals surface area contributed by atoms with Crippen LogP contribution in [0.25, 0.3) is 0 Å². The van der Waals surface area contributed by atoms with Crippen molar-refractivity contribution in [3.63, 3.8) is 0 Å². The van der Waals surface area contributed by atoms with E-state index in [0.29, 0.717) is 16.9 Å². The summed E-state index contributed by atoms with van der Waals surface area (Å²) in [5, 5.41) is 0. The van der Waals surface area contributed by atoms with Gasteiger partial charge in [-0.05, 0) is 86.3 Å². The predicted octanol–water partition coefficient (Wildman–Crippen LogP) is 3.96. The second-order valence-electron chi connectivity index (χ2n) is 9.09. The summed E-state index contributed by atoms with van der Waals surface area (Å²) < 4.78 is 39.9. The Morgan fingerprint density at radius 1 is 1.05 bits per heavy atom. The molecular weight excluding hydrogens is 496 g/mol. The molecule has 2 amide bonds. The molecule has 1 atom stereocenters. The number of esters is 1. The first-order valence-corrected chi connectivity index (χ1v) is 13.1. The molecule has 37 heavy (non-hydrogen) atoms. The number of nitrogens with zero attached hydrogens (tertiary/aromatic N) is 2. The van der Waals surface area contributed by atoms with E-state index in [9.17, 15) is 22.8 Å². The van der Waals surface area contributed by atoms with Gasteiger partial charge in [0.05, 0.1) is 29.8 Å². The van der Waals surface area contributed by atoms with E-state index in [1.54, 1.807) is 26.0 Å². The van der Waals surface area contributed by atoms with Crippen molar-refractivity contribution in [2.24, 2.45) is 0 Å². The van der Waals surface area contributed by atoms with E-state index in [4.69, 9.17) is 9.15 Å². The summed E-state index contributed by atoms with van der Waals surface area (Å²) in [5.41, 5.74) is 3.04. The van der Waals surface area contributed by atoms with Gasteiger partial charge in [-0.1, -0.05) is 6.07 Å². The van der Waals surface area contributed by atoms with Crippen LogP contribution < -0.4 is 9.64 Å². The topological polar surface area (TPSA) is 114 Å². The molecule has 0 aliphatic carbocycles. The number of furan rings is 1. The molecule has 194 valence electrons. The Kier molecular flexibility index (Phi) is 7.07. The lowest BCUT2D eigenvalue weighted by molar-refractivity contribution is -0.132. The zero-order valence-electron chi connectivity index (χ0n) is 21.3. The smallest absolute Gasteiger partial charge is 0.308 e. The number of sulfonamides is 1. The summed E-state index contributed by atoms with van der Waals surface area (Å²) in [4.78, 5) is 38.9. The maximum absolute atomic E-state index is 14.2. The molecule has 1 saturated heterocycles. The van der Waals surface area contributed by atoms with Crippen LogP contribution >= 0.6 is 0 Å². The summed E-state index contributed by atoms with van der Waals surface area (Å²) in [7, 11) is -4.23. The number of carbonyl (C=O) groups excluding carboxylic acids is 3. The molecule has 1 aliphatic heterocycles. The van der Waals surface area contributed by atoms with Crippen molar-refractivity contribution in [2.75, 3.05) is 4.90 Å². The first kappa shape index (κ1) is 26.3. The Balaban J connectivity index is 1.77. The van der Waals surface area contributed by atoms with Crippen LogP contribution in [0.3, 0.4) is 0 Å². The summed E-state index contributed by atoms with van der Waals surface area (Å²) in [6.45, 7) is 8.19. The van der Waals surface area contributed by atoms with Gasteiger partial charge in [-0.3, -0.25) is 14.4 Å². The fourth-order valence-electron chi connectivity index (χ4n) is 4.55. The molecule has 1 aromatic heterocycles. The first-order valence-electron chi connectivity index (χ1n) is 11.7. The molecule has 3 aromatic rings. The molecule has 2 heterocycles. The number of rotatable bonds is 7. The predicted molar refractivity (Wildman–Crippen MR) is 135 cm³/mol. The van der Waals surface area contributed by atoms with Crippen molar-refractivity contribution in [3.8, 4) is 5.75 Å². The third-order valence-corrected chi connectivity index (χ3v) is 8.71. The van der Waals surface area contributed by atoms with Gasteiger partial charge in [0.2, 0.25) is 15.9 Å². The summed E-state index contributed by atoms with van der Waals surface area (Å²) in [5.74, 6) is -1.11. The number of benzene rings is 2. The average molecular weight is 525 g/mol. The van der Waals surface area contributed by atoms with E-state index < -0.39 is 33.8 Å². The maximum Gasteiger partial charge on any atom is 0.308 e. The first-order chi connectivity index (χ1) is 17.4. The van der Waals surface area contributed by atoms with Gasteiger partial charge >= 0.3 is 5.97 Å². The molecule has 2 aromatic carbocycles. The van der Waals surface area contributed by atoms with Crippen LogP contribution in [0, 0.1) is 27.7 Å². The maximum atomic E-state index is 14.2. The van der Waals surface area contributed by atoms with Crippen LogP contribution in [0.15, 0.2) is 58.0 Å². The van der Waals surface area contributed by atoms with Crippen LogP contribution in [-0.2, 0) is 31.0 Å². The van der Waals surface area contributed by atoms with Gasteiger partial charge in [0.15, 0.2) is 0 Å². The summed E-state index contributed by atoms with van der Waals surface area (Å²) in [6.07, 6.45) is 1.10. The average Bonchev–Trinajstić information content (AvgIpc) is 3.44. The highest BCUT2D eigenvalue weighted by Crippen LogP contribution is 2.35. The van der Waals surface area contributed by atoms with Gasteiger partial charge in [-0.25, -0.2) is 13.3 Å². The highest BCUT2D eigenvalue weighted by molar-refractivity contribution is 7.89. The van der Waals surface area contributed by atoms with Gasteiger partial charge in [0.25, 0.3) is 5.91 Å². The Morgan fingerprint density at radius 3 is 2.22 bits per heavy atom. The van der Waals surface area contributed by atoms with Crippen molar-refractivity contribution in [1.29, 1.82) is 0 Å². The number of hydrogen-bond donors (Lipinski definition) is 0. The minimum absolute atomic E-state index is 0.126. The molecule has 0 spiro atoms. The molecule has 1 unspecified atom stereocenters. The van der Waals surface area contributed by atoms with Gasteiger partial charge in [0.1, 0.15) is 17.6 Å². The Labute approximate surface area is 215 Å². The Morgan fingerprint density at radius 2 is 1.68 bits per heavy atom. The van der Waals surface area contributed by atoms with Gasteiger partial charge in [-0.2, -0.15) is 4.31 Å². The molecule has 4 rings (SSSR count). The van der Waals surface area contributed by atoms with Crippen molar-refractivity contribution >= 4 is 33.5 Å². The van der Waals surface area contributed by atoms with E-state index in [1.165, 1.54) is 37.5 Å². The fourth-order valence-corrected chi connectivity index (χ4v) is 6.67. The summed E-state index contributed by atoms with van der Waals surface area (Å²) >= 11 is 0. The van der Waals surface area contributed by atoms with Crippen LogP contribution in [0.2, 0.25) is 0 Å². The van der Waals surface area contributed by atoms with Crippen molar-refractivity contribution in [2.45, 2.75) is 58.5 Å². The number of aryl methyl sites for hydroxylation is 2. The zero-order valence-corrected chi connectivity index (χ0v) is 22.1. The SMILES string of the molecule is CC(=O)Oc1ccc(N2C(=O)CC(N(Cc3ccco3)S(=O)(=O)c3c(C)c(C)cc(C)c3C)C2=O)cc1. The van der Waals surface area contributed by atoms with Crippen LogP contribution in [0.5, 0.6) is 5.75 Å². The molecule has 0 N–H and O–H groups in total. The van der Waals surface area contributed by atoms with E-state index in [0.717, 1.165) is 20.3 Å². The fraction of sp³-hybridized carbons (Fsp3) is 0.296. The van der Waals surface area contributed by atoms with Crippen molar-refractivity contribution in [1.82, 2.24) is 4.31 Å². The minimum atomic E-state index is -4.23. The molecule has 1 fully saturated rings. The third-order valence-electron chi connectivity index (χ3n) is 6.58. The molecule has 0 bridgehead atoms. The summed E-state index contributed by atoms with van der Waals surface area (Å²) in [6, 6.07) is 9.78. The third kappa shape index (κ3) is 4.94. The van der Waals surface area contributed by atoms with Crippen LogP contribution in [-0.4, -0.2) is 36.5 Å². The lowest BCUT2D eigenvalue weighted by atomic mass is 10.0. The van der Waals surface area contributed by atoms with Gasteiger partial charge < -0.3 is 9.15 Å². The van der Waals surface area contributed by atoms with Gasteiger partial charge in [0, 0.05) is 6.92 Å². The lowest BCUT2D eigenvalue weighted by Gasteiger charge is -2.28. The van der Waals surface area contributed by atoms with Crippen molar-refractivity contribution < 1.29 is 32.0 Å².